The zero-order valence-electron chi connectivity index (χ0n) is 19.3. The molecule has 0 atom stereocenters. The Bertz CT molecular complexity index is 1460. The maximum absolute atomic E-state index is 13.4. The molecule has 5 rings (SSSR count). The number of nitrogens with zero attached hydrogens (tertiary/aromatic N) is 1. The van der Waals surface area contributed by atoms with E-state index in [1.165, 1.54) is 0 Å². The average molecular weight is 461 g/mol. The van der Waals surface area contributed by atoms with Gasteiger partial charge in [0.15, 0.2) is 0 Å². The molecule has 0 fully saturated rings. The second kappa shape index (κ2) is 10.1. The van der Waals surface area contributed by atoms with Crippen LogP contribution in [0.3, 0.4) is 0 Å². The highest BCUT2D eigenvalue weighted by Gasteiger charge is 2.15. The monoisotopic (exact) mass is 460 g/mol. The molecular formula is C30H24N2O3. The number of para-hydroxylation sites is 2. The summed E-state index contributed by atoms with van der Waals surface area (Å²) in [5.74, 6) is 2.01. The van der Waals surface area contributed by atoms with Gasteiger partial charge in [-0.05, 0) is 67.6 Å². The van der Waals surface area contributed by atoms with Gasteiger partial charge < -0.3 is 14.8 Å². The van der Waals surface area contributed by atoms with Crippen LogP contribution in [0.2, 0.25) is 0 Å². The SMILES string of the molecule is CCOc1cccc(-c2cc(C(=O)Nc3ccc(Oc4ccccc4)cc3)c3ccccc3n2)c1. The third-order valence-corrected chi connectivity index (χ3v) is 5.49. The molecule has 0 radical (unpaired) electrons. The fraction of sp³-hybridized carbons (Fsp3) is 0.0667. The van der Waals surface area contributed by atoms with Gasteiger partial charge in [-0.2, -0.15) is 0 Å². The number of carbonyl (C=O) groups is 1. The van der Waals surface area contributed by atoms with Crippen molar-refractivity contribution >= 4 is 22.5 Å². The predicted octanol–water partition coefficient (Wildman–Crippen LogP) is 7.35. The minimum Gasteiger partial charge on any atom is -0.494 e. The van der Waals surface area contributed by atoms with Crippen LogP contribution in [0.5, 0.6) is 17.2 Å². The normalized spacial score (nSPS) is 10.7. The van der Waals surface area contributed by atoms with Gasteiger partial charge in [-0.3, -0.25) is 4.79 Å². The molecule has 1 heterocycles. The average Bonchev–Trinajstić information content (AvgIpc) is 2.90. The molecule has 0 saturated heterocycles. The van der Waals surface area contributed by atoms with Crippen LogP contribution in [-0.4, -0.2) is 17.5 Å². The van der Waals surface area contributed by atoms with Crippen molar-refractivity contribution in [1.82, 2.24) is 4.98 Å². The second-order valence-electron chi connectivity index (χ2n) is 7.93. The number of ether oxygens (including phenoxy) is 2. The van der Waals surface area contributed by atoms with Gasteiger partial charge in [0, 0.05) is 16.6 Å². The van der Waals surface area contributed by atoms with E-state index in [0.717, 1.165) is 28.0 Å². The first-order valence-corrected chi connectivity index (χ1v) is 11.5. The lowest BCUT2D eigenvalue weighted by Crippen LogP contribution is -2.13. The molecule has 0 spiro atoms. The number of rotatable bonds is 7. The molecule has 5 heteroatoms. The minimum atomic E-state index is -0.206. The lowest BCUT2D eigenvalue weighted by molar-refractivity contribution is 0.102. The van der Waals surface area contributed by atoms with E-state index < -0.39 is 0 Å². The van der Waals surface area contributed by atoms with Gasteiger partial charge in [-0.15, -0.1) is 0 Å². The van der Waals surface area contributed by atoms with Gasteiger partial charge >= 0.3 is 0 Å². The van der Waals surface area contributed by atoms with Crippen LogP contribution in [0.15, 0.2) is 109 Å². The summed E-state index contributed by atoms with van der Waals surface area (Å²) in [4.78, 5) is 18.2. The van der Waals surface area contributed by atoms with E-state index in [9.17, 15) is 4.79 Å². The van der Waals surface area contributed by atoms with Crippen molar-refractivity contribution in [2.45, 2.75) is 6.92 Å². The zero-order chi connectivity index (χ0) is 24.0. The number of anilines is 1. The smallest absolute Gasteiger partial charge is 0.256 e. The molecule has 5 nitrogen and oxygen atoms in total. The van der Waals surface area contributed by atoms with Crippen LogP contribution in [0.4, 0.5) is 5.69 Å². The molecule has 0 aliphatic rings. The van der Waals surface area contributed by atoms with Crippen LogP contribution in [0, 0.1) is 0 Å². The highest BCUT2D eigenvalue weighted by Crippen LogP contribution is 2.28. The molecular weight excluding hydrogens is 436 g/mol. The van der Waals surface area contributed by atoms with Gasteiger partial charge in [0.05, 0.1) is 23.4 Å². The summed E-state index contributed by atoms with van der Waals surface area (Å²) in [5.41, 5.74) is 3.58. The van der Waals surface area contributed by atoms with E-state index >= 15 is 0 Å². The van der Waals surface area contributed by atoms with Gasteiger partial charge in [0.1, 0.15) is 17.2 Å². The Labute approximate surface area is 204 Å². The van der Waals surface area contributed by atoms with Gasteiger partial charge in [-0.1, -0.05) is 48.5 Å². The molecule has 1 N–H and O–H groups in total. The molecule has 0 bridgehead atoms. The Morgan fingerprint density at radius 3 is 2.29 bits per heavy atom. The molecule has 0 saturated carbocycles. The molecule has 1 aromatic heterocycles. The fourth-order valence-corrected chi connectivity index (χ4v) is 3.85. The Kier molecular flexibility index (Phi) is 6.39. The summed E-state index contributed by atoms with van der Waals surface area (Å²) in [6.07, 6.45) is 0. The van der Waals surface area contributed by atoms with Gasteiger partial charge in [0.25, 0.3) is 5.91 Å². The van der Waals surface area contributed by atoms with E-state index in [1.807, 2.05) is 116 Å². The van der Waals surface area contributed by atoms with Crippen LogP contribution < -0.4 is 14.8 Å². The van der Waals surface area contributed by atoms with Crippen molar-refractivity contribution in [2.24, 2.45) is 0 Å². The number of carbonyl (C=O) groups excluding carboxylic acids is 1. The maximum Gasteiger partial charge on any atom is 0.256 e. The van der Waals surface area contributed by atoms with Crippen molar-refractivity contribution < 1.29 is 14.3 Å². The molecule has 172 valence electrons. The van der Waals surface area contributed by atoms with Crippen molar-refractivity contribution in [3.05, 3.63) is 115 Å². The van der Waals surface area contributed by atoms with E-state index in [0.29, 0.717) is 29.3 Å². The highest BCUT2D eigenvalue weighted by molar-refractivity contribution is 6.13. The zero-order valence-corrected chi connectivity index (χ0v) is 19.3. The van der Waals surface area contributed by atoms with Crippen LogP contribution in [-0.2, 0) is 0 Å². The first-order valence-electron chi connectivity index (χ1n) is 11.5. The predicted molar refractivity (Wildman–Crippen MR) is 139 cm³/mol. The van der Waals surface area contributed by atoms with Crippen molar-refractivity contribution in [3.8, 4) is 28.5 Å². The Morgan fingerprint density at radius 2 is 1.49 bits per heavy atom. The molecule has 0 unspecified atom stereocenters. The third kappa shape index (κ3) is 5.14. The molecule has 1 amide bonds. The standard InChI is InChI=1S/C30H24N2O3/c1-2-34-25-12-8-9-21(19-25)29-20-27(26-13-6-7-14-28(26)32-29)30(33)31-22-15-17-24(18-16-22)35-23-10-4-3-5-11-23/h3-20H,2H2,1H3,(H,31,33). The summed E-state index contributed by atoms with van der Waals surface area (Å²) in [5, 5.41) is 3.80. The number of nitrogens with one attached hydrogen (secondary N) is 1. The number of amides is 1. The molecule has 0 aliphatic heterocycles. The summed E-state index contributed by atoms with van der Waals surface area (Å²) in [6.45, 7) is 2.53. The minimum absolute atomic E-state index is 0.206. The van der Waals surface area contributed by atoms with E-state index in [2.05, 4.69) is 5.32 Å². The highest BCUT2D eigenvalue weighted by atomic mass is 16.5. The van der Waals surface area contributed by atoms with Crippen molar-refractivity contribution in [2.75, 3.05) is 11.9 Å². The maximum atomic E-state index is 13.4. The molecule has 35 heavy (non-hydrogen) atoms. The largest absolute Gasteiger partial charge is 0.494 e. The second-order valence-corrected chi connectivity index (χ2v) is 7.93. The third-order valence-electron chi connectivity index (χ3n) is 5.49. The van der Waals surface area contributed by atoms with E-state index in [4.69, 9.17) is 14.5 Å². The first kappa shape index (κ1) is 22.2. The fourth-order valence-electron chi connectivity index (χ4n) is 3.85. The number of hydrogen-bond donors (Lipinski definition) is 1. The Hall–Kier alpha value is -4.64. The number of hydrogen-bond acceptors (Lipinski definition) is 4. The molecule has 0 aliphatic carbocycles. The topological polar surface area (TPSA) is 60.5 Å². The Morgan fingerprint density at radius 1 is 0.771 bits per heavy atom. The first-order chi connectivity index (χ1) is 17.2. The number of fused-ring (bicyclic) bond motifs is 1. The Balaban J connectivity index is 1.42. The van der Waals surface area contributed by atoms with E-state index in [1.54, 1.807) is 0 Å². The summed E-state index contributed by atoms with van der Waals surface area (Å²) in [6, 6.07) is 34.1. The number of aromatic nitrogens is 1. The van der Waals surface area contributed by atoms with Gasteiger partial charge in [-0.25, -0.2) is 4.98 Å². The summed E-state index contributed by atoms with van der Waals surface area (Å²) < 4.78 is 11.5. The number of benzene rings is 4. The van der Waals surface area contributed by atoms with Crippen molar-refractivity contribution in [3.63, 3.8) is 0 Å². The summed E-state index contributed by atoms with van der Waals surface area (Å²) >= 11 is 0. The van der Waals surface area contributed by atoms with Crippen LogP contribution in [0.25, 0.3) is 22.2 Å². The summed E-state index contributed by atoms with van der Waals surface area (Å²) in [7, 11) is 0. The van der Waals surface area contributed by atoms with Crippen molar-refractivity contribution in [1.29, 1.82) is 0 Å². The molecule has 5 aromatic rings. The van der Waals surface area contributed by atoms with E-state index in [-0.39, 0.29) is 5.91 Å². The molecule has 4 aromatic carbocycles. The van der Waals surface area contributed by atoms with Crippen LogP contribution in [0.1, 0.15) is 17.3 Å². The quantitative estimate of drug-likeness (QED) is 0.276. The lowest BCUT2D eigenvalue weighted by Gasteiger charge is -2.12. The van der Waals surface area contributed by atoms with Crippen LogP contribution >= 0.6 is 0 Å². The lowest BCUT2D eigenvalue weighted by atomic mass is 10.0. The van der Waals surface area contributed by atoms with Gasteiger partial charge in [0.2, 0.25) is 0 Å². The number of pyridine rings is 1.